The van der Waals surface area contributed by atoms with Crippen LogP contribution in [0.3, 0.4) is 0 Å². The van der Waals surface area contributed by atoms with Gasteiger partial charge < -0.3 is 9.88 Å². The Labute approximate surface area is 163 Å². The SMILES string of the molecule is CC1CCCCC1NC(=O)CN1CCCC(c2nnc3n2CCCCC3)C1. The number of fused-ring (bicyclic) bond motifs is 1. The van der Waals surface area contributed by atoms with Gasteiger partial charge in [-0.2, -0.15) is 0 Å². The third-order valence-electron chi connectivity index (χ3n) is 6.83. The Morgan fingerprint density at radius 3 is 2.81 bits per heavy atom. The van der Waals surface area contributed by atoms with Gasteiger partial charge in [0, 0.05) is 31.5 Å². The molecule has 1 aromatic heterocycles. The quantitative estimate of drug-likeness (QED) is 0.881. The van der Waals surface area contributed by atoms with Crippen molar-refractivity contribution in [3.8, 4) is 0 Å². The van der Waals surface area contributed by atoms with Crippen molar-refractivity contribution in [1.29, 1.82) is 0 Å². The van der Waals surface area contributed by atoms with Crippen molar-refractivity contribution in [2.75, 3.05) is 19.6 Å². The van der Waals surface area contributed by atoms with Crippen LogP contribution in [-0.4, -0.2) is 51.2 Å². The first kappa shape index (κ1) is 18.9. The number of nitrogens with zero attached hydrogens (tertiary/aromatic N) is 4. The minimum absolute atomic E-state index is 0.203. The number of likely N-dealkylation sites (tertiary alicyclic amines) is 1. The van der Waals surface area contributed by atoms with E-state index in [9.17, 15) is 4.79 Å². The largest absolute Gasteiger partial charge is 0.352 e. The number of piperidine rings is 1. The van der Waals surface area contributed by atoms with E-state index in [2.05, 4.69) is 31.9 Å². The summed E-state index contributed by atoms with van der Waals surface area (Å²) in [5.74, 6) is 3.57. The second-order valence-corrected chi connectivity index (χ2v) is 8.95. The summed E-state index contributed by atoms with van der Waals surface area (Å²) >= 11 is 0. The van der Waals surface area contributed by atoms with Gasteiger partial charge in [-0.3, -0.25) is 9.69 Å². The molecule has 0 radical (unpaired) electrons. The summed E-state index contributed by atoms with van der Waals surface area (Å²) < 4.78 is 2.38. The molecule has 1 N–H and O–H groups in total. The average Bonchev–Trinajstić information content (AvgIpc) is 2.92. The molecule has 6 heteroatoms. The number of rotatable bonds is 4. The van der Waals surface area contributed by atoms with E-state index in [4.69, 9.17) is 0 Å². The Hall–Kier alpha value is -1.43. The van der Waals surface area contributed by atoms with Crippen molar-refractivity contribution in [3.63, 3.8) is 0 Å². The molecule has 0 aromatic carbocycles. The molecule has 1 aliphatic carbocycles. The van der Waals surface area contributed by atoms with E-state index in [1.54, 1.807) is 0 Å². The molecule has 3 atom stereocenters. The van der Waals surface area contributed by atoms with Gasteiger partial charge in [0.15, 0.2) is 0 Å². The third kappa shape index (κ3) is 4.53. The molecular formula is C21H35N5O. The molecule has 0 spiro atoms. The van der Waals surface area contributed by atoms with E-state index >= 15 is 0 Å². The first-order valence-electron chi connectivity index (χ1n) is 11.1. The van der Waals surface area contributed by atoms with Gasteiger partial charge in [-0.05, 0) is 51.0 Å². The van der Waals surface area contributed by atoms with Crippen molar-refractivity contribution in [1.82, 2.24) is 25.0 Å². The number of amides is 1. The second-order valence-electron chi connectivity index (χ2n) is 8.95. The zero-order valence-electron chi connectivity index (χ0n) is 16.8. The Kier molecular flexibility index (Phi) is 6.11. The molecule has 1 aromatic rings. The standard InChI is InChI=1S/C21H35N5O/c1-16-8-4-5-10-18(16)22-20(27)15-25-12-7-9-17(14-25)21-24-23-19-11-3-2-6-13-26(19)21/h16-18H,2-15H2,1H3,(H,22,27). The van der Waals surface area contributed by atoms with Crippen LogP contribution < -0.4 is 5.32 Å². The first-order valence-corrected chi connectivity index (χ1v) is 11.1. The fourth-order valence-corrected chi connectivity index (χ4v) is 5.21. The maximum absolute atomic E-state index is 12.6. The van der Waals surface area contributed by atoms with Gasteiger partial charge in [-0.15, -0.1) is 10.2 Å². The number of nitrogens with one attached hydrogen (secondary N) is 1. The molecule has 6 nitrogen and oxygen atoms in total. The minimum Gasteiger partial charge on any atom is -0.352 e. The zero-order chi connectivity index (χ0) is 18.6. The van der Waals surface area contributed by atoms with Crippen molar-refractivity contribution in [2.45, 2.75) is 89.6 Å². The number of carbonyl (C=O) groups is 1. The zero-order valence-corrected chi connectivity index (χ0v) is 16.8. The molecule has 1 saturated carbocycles. The van der Waals surface area contributed by atoms with Gasteiger partial charge in [0.05, 0.1) is 6.54 Å². The molecule has 150 valence electrons. The van der Waals surface area contributed by atoms with Crippen LogP contribution in [0.5, 0.6) is 0 Å². The highest BCUT2D eigenvalue weighted by Gasteiger charge is 2.29. The van der Waals surface area contributed by atoms with Crippen LogP contribution in [0.1, 0.15) is 82.3 Å². The average molecular weight is 374 g/mol. The van der Waals surface area contributed by atoms with E-state index in [-0.39, 0.29) is 5.91 Å². The van der Waals surface area contributed by atoms with Gasteiger partial charge >= 0.3 is 0 Å². The highest BCUT2D eigenvalue weighted by Crippen LogP contribution is 2.28. The molecule has 3 unspecified atom stereocenters. The van der Waals surface area contributed by atoms with Gasteiger partial charge in [0.2, 0.25) is 5.91 Å². The topological polar surface area (TPSA) is 63.1 Å². The normalized spacial score (nSPS) is 29.7. The molecule has 27 heavy (non-hydrogen) atoms. The lowest BCUT2D eigenvalue weighted by atomic mass is 9.86. The molecular weight excluding hydrogens is 338 g/mol. The summed E-state index contributed by atoms with van der Waals surface area (Å²) in [7, 11) is 0. The monoisotopic (exact) mass is 373 g/mol. The number of carbonyl (C=O) groups excluding carboxylic acids is 1. The third-order valence-corrected chi connectivity index (χ3v) is 6.83. The van der Waals surface area contributed by atoms with Crippen molar-refractivity contribution >= 4 is 5.91 Å². The summed E-state index contributed by atoms with van der Waals surface area (Å²) in [4.78, 5) is 14.9. The van der Waals surface area contributed by atoms with Gasteiger partial charge in [0.25, 0.3) is 0 Å². The summed E-state index contributed by atoms with van der Waals surface area (Å²) in [6, 6.07) is 0.374. The predicted molar refractivity (Wildman–Crippen MR) is 106 cm³/mol. The van der Waals surface area contributed by atoms with Crippen LogP contribution in [0.2, 0.25) is 0 Å². The van der Waals surface area contributed by atoms with E-state index in [1.807, 2.05) is 0 Å². The Morgan fingerprint density at radius 2 is 1.93 bits per heavy atom. The molecule has 1 amide bonds. The van der Waals surface area contributed by atoms with Gasteiger partial charge in [0.1, 0.15) is 11.6 Å². The summed E-state index contributed by atoms with van der Waals surface area (Å²) in [5.41, 5.74) is 0. The Bertz CT molecular complexity index is 643. The summed E-state index contributed by atoms with van der Waals surface area (Å²) in [5, 5.41) is 12.4. The Balaban J connectivity index is 1.34. The van der Waals surface area contributed by atoms with Crippen LogP contribution in [0.25, 0.3) is 0 Å². The smallest absolute Gasteiger partial charge is 0.234 e. The van der Waals surface area contributed by atoms with Gasteiger partial charge in [-0.25, -0.2) is 0 Å². The van der Waals surface area contributed by atoms with E-state index in [0.29, 0.717) is 24.4 Å². The lowest BCUT2D eigenvalue weighted by Gasteiger charge is -2.34. The summed E-state index contributed by atoms with van der Waals surface area (Å²) in [6.45, 7) is 5.82. The fraction of sp³-hybridized carbons (Fsp3) is 0.857. The molecule has 0 bridgehead atoms. The lowest BCUT2D eigenvalue weighted by Crippen LogP contribution is -2.47. The highest BCUT2D eigenvalue weighted by molar-refractivity contribution is 5.78. The number of hydrogen-bond donors (Lipinski definition) is 1. The maximum atomic E-state index is 12.6. The van der Waals surface area contributed by atoms with Crippen molar-refractivity contribution in [3.05, 3.63) is 11.6 Å². The molecule has 3 aliphatic rings. The summed E-state index contributed by atoms with van der Waals surface area (Å²) in [6.07, 6.45) is 12.1. The van der Waals surface area contributed by atoms with Crippen LogP contribution in [0.15, 0.2) is 0 Å². The maximum Gasteiger partial charge on any atom is 0.234 e. The van der Waals surface area contributed by atoms with Crippen LogP contribution in [-0.2, 0) is 17.8 Å². The number of aromatic nitrogens is 3. The second kappa shape index (κ2) is 8.72. The number of aryl methyl sites for hydroxylation is 1. The highest BCUT2D eigenvalue weighted by atomic mass is 16.2. The van der Waals surface area contributed by atoms with Crippen LogP contribution in [0, 0.1) is 5.92 Å². The van der Waals surface area contributed by atoms with E-state index in [0.717, 1.165) is 51.1 Å². The predicted octanol–water partition coefficient (Wildman–Crippen LogP) is 2.88. The van der Waals surface area contributed by atoms with E-state index < -0.39 is 0 Å². The first-order chi connectivity index (χ1) is 13.2. The van der Waals surface area contributed by atoms with Crippen molar-refractivity contribution in [2.24, 2.45) is 5.92 Å². The van der Waals surface area contributed by atoms with Crippen molar-refractivity contribution < 1.29 is 4.79 Å². The minimum atomic E-state index is 0.203. The molecule has 2 aliphatic heterocycles. The molecule has 3 heterocycles. The van der Waals surface area contributed by atoms with Crippen LogP contribution in [0.4, 0.5) is 0 Å². The molecule has 4 rings (SSSR count). The lowest BCUT2D eigenvalue weighted by molar-refractivity contribution is -0.123. The fourth-order valence-electron chi connectivity index (χ4n) is 5.21. The molecule has 2 fully saturated rings. The van der Waals surface area contributed by atoms with Gasteiger partial charge in [-0.1, -0.05) is 26.2 Å². The van der Waals surface area contributed by atoms with Crippen LogP contribution >= 0.6 is 0 Å². The Morgan fingerprint density at radius 1 is 1.04 bits per heavy atom. The van der Waals surface area contributed by atoms with E-state index in [1.165, 1.54) is 44.3 Å². The number of hydrogen-bond acceptors (Lipinski definition) is 4. The molecule has 1 saturated heterocycles.